The minimum absolute atomic E-state index is 0.0107. The van der Waals surface area contributed by atoms with Gasteiger partial charge in [-0.05, 0) is 67.2 Å². The van der Waals surface area contributed by atoms with Crippen molar-refractivity contribution in [2.75, 3.05) is 45.8 Å². The van der Waals surface area contributed by atoms with Crippen molar-refractivity contribution < 1.29 is 47.8 Å². The molecule has 2 rings (SSSR count). The highest BCUT2D eigenvalue weighted by atomic mass is 33.2. The van der Waals surface area contributed by atoms with Gasteiger partial charge in [-0.2, -0.15) is 0 Å². The number of ketones is 1. The number of rotatable bonds is 30. The molecule has 17 nitrogen and oxygen atoms in total. The quantitative estimate of drug-likeness (QED) is 0.0372. The van der Waals surface area contributed by atoms with E-state index in [9.17, 15) is 38.4 Å². The molecule has 0 unspecified atom stereocenters. The molecule has 2 saturated heterocycles. The Bertz CT molecular complexity index is 1350. The number of hydrogen-bond donors (Lipinski definition) is 5. The molecule has 0 aliphatic carbocycles. The van der Waals surface area contributed by atoms with Crippen molar-refractivity contribution in [1.82, 2.24) is 25.8 Å². The number of nitrogens with zero attached hydrogens (tertiary/aromatic N) is 2. The predicted octanol–water partition coefficient (Wildman–Crippen LogP) is 4.70. The number of alkyl carbamates (subject to hydrolysis) is 2. The number of ether oxygens (including phenoxy) is 2. The van der Waals surface area contributed by atoms with Crippen LogP contribution in [0.25, 0.3) is 0 Å². The van der Waals surface area contributed by atoms with Crippen LogP contribution in [-0.4, -0.2) is 123 Å². The number of hydrogen-bond acceptors (Lipinski definition) is 14. The second-order valence-electron chi connectivity index (χ2n) is 16.7. The number of Topliss-reactive ketones (excluding diaryl/α,β-unsaturated/α-hetero) is 1. The monoisotopic (exact) mass is 921 g/mol. The van der Waals surface area contributed by atoms with Gasteiger partial charge in [0.2, 0.25) is 29.5 Å². The van der Waals surface area contributed by atoms with Gasteiger partial charge in [0.1, 0.15) is 17.0 Å². The van der Waals surface area contributed by atoms with Crippen LogP contribution in [-0.2, 0) is 38.2 Å². The van der Waals surface area contributed by atoms with Crippen molar-refractivity contribution in [2.24, 2.45) is 23.3 Å². The third kappa shape index (κ3) is 25.0. The number of carbonyl (C=O) groups excluding carboxylic acids is 8. The van der Waals surface area contributed by atoms with Gasteiger partial charge in [-0.3, -0.25) is 28.8 Å². The third-order valence-corrected chi connectivity index (χ3v) is 13.8. The Labute approximate surface area is 370 Å². The molecule has 342 valence electrons. The van der Waals surface area contributed by atoms with Crippen molar-refractivity contribution in [2.45, 2.75) is 139 Å². The molecule has 2 heterocycles. The van der Waals surface area contributed by atoms with E-state index in [-0.39, 0.29) is 121 Å². The number of primary amides is 2. The Balaban J connectivity index is 2.01. The second-order valence-corrected chi connectivity index (χ2v) is 22.4. The van der Waals surface area contributed by atoms with Crippen LogP contribution in [0.15, 0.2) is 0 Å². The van der Waals surface area contributed by atoms with E-state index in [2.05, 4.69) is 16.0 Å². The van der Waals surface area contributed by atoms with E-state index in [1.807, 2.05) is 0 Å². The van der Waals surface area contributed by atoms with E-state index in [1.54, 1.807) is 84.7 Å². The van der Waals surface area contributed by atoms with E-state index in [0.717, 1.165) is 19.3 Å². The molecule has 0 aromatic rings. The van der Waals surface area contributed by atoms with E-state index < -0.39 is 23.4 Å². The standard InChI is InChI=1S/C39H67N7O10S4/c1-38(2,3)55-36(53)43-20-15-30(49)45(22-17-26(47)12-8-7-9-13-27(32(40)51)34-57-58-34)24-25-46(31(50)16-21-44-37(54)56-39(4,5)6)23-18-29(48)42-19-11-10-14-28(33(41)52)35-59-60-35/h27-28,34-35H,7-25H2,1-6H3,(H2,40,51)(H2,41,52)(H,42,48)(H,43,53)(H,44,54)/t27-,28-/m0/s1. The van der Waals surface area contributed by atoms with E-state index in [0.29, 0.717) is 38.6 Å². The van der Waals surface area contributed by atoms with E-state index in [1.165, 1.54) is 9.80 Å². The van der Waals surface area contributed by atoms with Gasteiger partial charge in [-0.15, -0.1) is 0 Å². The summed E-state index contributed by atoms with van der Waals surface area (Å²) in [5.74, 6) is -2.01. The van der Waals surface area contributed by atoms with Gasteiger partial charge in [0, 0.05) is 77.9 Å². The minimum atomic E-state index is -0.726. The summed E-state index contributed by atoms with van der Waals surface area (Å²) in [5.41, 5.74) is 9.62. The van der Waals surface area contributed by atoms with Crippen LogP contribution in [0, 0.1) is 11.8 Å². The van der Waals surface area contributed by atoms with Gasteiger partial charge < -0.3 is 46.7 Å². The molecule has 0 radical (unpaired) electrons. The zero-order valence-corrected chi connectivity index (χ0v) is 39.3. The Kier molecular flexibility index (Phi) is 24.0. The first kappa shape index (κ1) is 53.1. The summed E-state index contributed by atoms with van der Waals surface area (Å²) in [5, 5.41) is 8.01. The number of amides is 7. The number of unbranched alkanes of at least 4 members (excludes halogenated alkanes) is 3. The summed E-state index contributed by atoms with van der Waals surface area (Å²) in [7, 11) is 6.57. The Morgan fingerprint density at radius 3 is 1.38 bits per heavy atom. The summed E-state index contributed by atoms with van der Waals surface area (Å²) in [6.07, 6.45) is 3.73. The van der Waals surface area contributed by atoms with Gasteiger partial charge >= 0.3 is 12.2 Å². The largest absolute Gasteiger partial charge is 0.444 e. The summed E-state index contributed by atoms with van der Waals surface area (Å²) in [6.45, 7) is 10.9. The van der Waals surface area contributed by atoms with Crippen LogP contribution in [0.2, 0.25) is 0 Å². The van der Waals surface area contributed by atoms with Gasteiger partial charge in [0.05, 0.1) is 21.0 Å². The molecule has 7 N–H and O–H groups in total. The second kappa shape index (κ2) is 27.1. The first-order valence-electron chi connectivity index (χ1n) is 20.7. The molecule has 60 heavy (non-hydrogen) atoms. The molecule has 7 amide bonds. The first-order chi connectivity index (χ1) is 28.1. The average molecular weight is 922 g/mol. The minimum Gasteiger partial charge on any atom is -0.444 e. The molecule has 21 heteroatoms. The van der Waals surface area contributed by atoms with Crippen LogP contribution in [0.1, 0.15) is 119 Å². The van der Waals surface area contributed by atoms with Crippen LogP contribution in [0.5, 0.6) is 0 Å². The average Bonchev–Trinajstić information content (AvgIpc) is 4.06. The van der Waals surface area contributed by atoms with Gasteiger partial charge in [0.25, 0.3) is 0 Å². The number of nitrogens with two attached hydrogens (primary N) is 2. The van der Waals surface area contributed by atoms with Crippen molar-refractivity contribution >= 4 is 90.7 Å². The van der Waals surface area contributed by atoms with Crippen molar-refractivity contribution in [1.29, 1.82) is 0 Å². The maximum atomic E-state index is 13.5. The lowest BCUT2D eigenvalue weighted by molar-refractivity contribution is -0.136. The highest BCUT2D eigenvalue weighted by Crippen LogP contribution is 2.58. The van der Waals surface area contributed by atoms with Gasteiger partial charge in [-0.25, -0.2) is 9.59 Å². The first-order valence-corrected chi connectivity index (χ1v) is 25.2. The summed E-state index contributed by atoms with van der Waals surface area (Å²) in [4.78, 5) is 104. The Morgan fingerprint density at radius 2 is 0.967 bits per heavy atom. The molecule has 0 bridgehead atoms. The number of nitrogens with one attached hydrogen (secondary N) is 3. The SMILES string of the molecule is CC(C)(C)OC(=O)NCCC(=O)N(CCC(=O)CCCCC[C@@H](C(N)=O)C1SS1)CCN(CCC(=O)NCCCC[C@@H](C(N)=O)C1SS1)C(=O)CCNC(=O)OC(C)(C)C. The van der Waals surface area contributed by atoms with E-state index in [4.69, 9.17) is 20.9 Å². The molecule has 2 aliphatic heterocycles. The van der Waals surface area contributed by atoms with Gasteiger partial charge in [-0.1, -0.05) is 62.4 Å². The lowest BCUT2D eigenvalue weighted by atomic mass is 10.0. The fourth-order valence-electron chi connectivity index (χ4n) is 5.90. The van der Waals surface area contributed by atoms with Crippen molar-refractivity contribution in [3.8, 4) is 0 Å². The highest BCUT2D eigenvalue weighted by molar-refractivity contribution is 8.93. The Morgan fingerprint density at radius 1 is 0.533 bits per heavy atom. The van der Waals surface area contributed by atoms with Gasteiger partial charge in [0.15, 0.2) is 0 Å². The van der Waals surface area contributed by atoms with Crippen LogP contribution in [0.3, 0.4) is 0 Å². The van der Waals surface area contributed by atoms with Crippen molar-refractivity contribution in [3.05, 3.63) is 0 Å². The summed E-state index contributed by atoms with van der Waals surface area (Å²) >= 11 is 0. The number of carbonyl (C=O) groups is 8. The van der Waals surface area contributed by atoms with Crippen molar-refractivity contribution in [3.63, 3.8) is 0 Å². The summed E-state index contributed by atoms with van der Waals surface area (Å²) < 4.78 is 11.0. The topological polar surface area (TPSA) is 250 Å². The fourth-order valence-corrected chi connectivity index (χ4v) is 9.64. The predicted molar refractivity (Wildman–Crippen MR) is 238 cm³/mol. The molecule has 0 spiro atoms. The lowest BCUT2D eigenvalue weighted by Crippen LogP contribution is -2.44. The zero-order chi connectivity index (χ0) is 44.9. The molecular formula is C39H67N7O10S4. The fraction of sp³-hybridized carbons (Fsp3) is 0.795. The maximum absolute atomic E-state index is 13.5. The molecule has 0 aromatic heterocycles. The molecular weight excluding hydrogens is 855 g/mol. The highest BCUT2D eigenvalue weighted by Gasteiger charge is 2.38. The zero-order valence-electron chi connectivity index (χ0n) is 36.0. The molecule has 0 aromatic carbocycles. The molecule has 2 fully saturated rings. The van der Waals surface area contributed by atoms with E-state index >= 15 is 0 Å². The molecule has 2 aliphatic rings. The normalized spacial score (nSPS) is 14.9. The smallest absolute Gasteiger partial charge is 0.407 e. The van der Waals surface area contributed by atoms with Crippen LogP contribution >= 0.6 is 43.2 Å². The Hall–Kier alpha value is -3.04. The summed E-state index contributed by atoms with van der Waals surface area (Å²) in [6, 6.07) is 0. The molecule has 0 saturated carbocycles. The van der Waals surface area contributed by atoms with Crippen LogP contribution < -0.4 is 27.4 Å². The lowest BCUT2D eigenvalue weighted by Gasteiger charge is -2.28. The molecule has 2 atom stereocenters. The van der Waals surface area contributed by atoms with Crippen LogP contribution in [0.4, 0.5) is 9.59 Å². The third-order valence-electron chi connectivity index (χ3n) is 9.17. The maximum Gasteiger partial charge on any atom is 0.407 e.